The van der Waals surface area contributed by atoms with Gasteiger partial charge in [-0.2, -0.15) is 0 Å². The number of amides is 2. The largest absolute Gasteiger partial charge is 0.361 e. The molecule has 2 aromatic carbocycles. The Morgan fingerprint density at radius 2 is 1.73 bits per heavy atom. The number of H-pyrrole nitrogens is 1. The summed E-state index contributed by atoms with van der Waals surface area (Å²) in [6.07, 6.45) is 1.60. The van der Waals surface area contributed by atoms with Gasteiger partial charge in [0.2, 0.25) is 0 Å². The second-order valence-electron chi connectivity index (χ2n) is 5.77. The maximum absolute atomic E-state index is 14.2. The van der Waals surface area contributed by atoms with E-state index in [1.165, 1.54) is 18.2 Å². The molecule has 0 atom stereocenters. The molecule has 7 heteroatoms. The first-order chi connectivity index (χ1) is 12.5. The Morgan fingerprint density at radius 3 is 2.42 bits per heavy atom. The van der Waals surface area contributed by atoms with Crippen LogP contribution in [0.2, 0.25) is 0 Å². The number of carbonyl (C=O) groups is 2. The molecule has 0 unspecified atom stereocenters. The number of fused-ring (bicyclic) bond motifs is 1. The monoisotopic (exact) mass is 370 g/mol. The van der Waals surface area contributed by atoms with Gasteiger partial charge in [-0.3, -0.25) is 14.9 Å². The molecule has 0 spiro atoms. The quantitative estimate of drug-likeness (QED) is 0.673. The summed E-state index contributed by atoms with van der Waals surface area (Å²) in [5.41, 5.74) is 1.74. The Morgan fingerprint density at radius 1 is 1.00 bits per heavy atom. The van der Waals surface area contributed by atoms with Crippen molar-refractivity contribution >= 4 is 39.4 Å². The van der Waals surface area contributed by atoms with E-state index in [-0.39, 0.29) is 16.9 Å². The van der Waals surface area contributed by atoms with E-state index in [4.69, 9.17) is 0 Å². The molecule has 2 heterocycles. The molecule has 1 aliphatic rings. The Hall–Kier alpha value is -2.93. The number of carbonyl (C=O) groups excluding carboxylic acids is 2. The van der Waals surface area contributed by atoms with E-state index in [1.54, 1.807) is 18.3 Å². The van der Waals surface area contributed by atoms with Gasteiger partial charge in [0.25, 0.3) is 11.1 Å². The van der Waals surface area contributed by atoms with Crippen LogP contribution in [0.25, 0.3) is 16.5 Å². The molecule has 0 radical (unpaired) electrons. The number of aromatic nitrogens is 1. The number of rotatable bonds is 3. The molecular weight excluding hydrogens is 358 g/mol. The molecule has 3 aromatic rings. The van der Waals surface area contributed by atoms with Gasteiger partial charge < -0.3 is 4.98 Å². The van der Waals surface area contributed by atoms with Gasteiger partial charge in [-0.1, -0.05) is 18.2 Å². The number of benzene rings is 2. The number of thioether (sulfide) groups is 1. The maximum atomic E-state index is 14.2. The Bertz CT molecular complexity index is 1070. The first kappa shape index (κ1) is 16.5. The lowest BCUT2D eigenvalue weighted by molar-refractivity contribution is -0.115. The van der Waals surface area contributed by atoms with Crippen LogP contribution in [-0.2, 0) is 11.2 Å². The van der Waals surface area contributed by atoms with Crippen molar-refractivity contribution in [3.63, 3.8) is 0 Å². The molecule has 4 rings (SSSR count). The fourth-order valence-electron chi connectivity index (χ4n) is 3.04. The van der Waals surface area contributed by atoms with Gasteiger partial charge in [0.15, 0.2) is 0 Å². The van der Waals surface area contributed by atoms with Crippen molar-refractivity contribution in [3.05, 3.63) is 76.3 Å². The van der Waals surface area contributed by atoms with Gasteiger partial charge in [0.05, 0.1) is 4.91 Å². The molecule has 1 aliphatic heterocycles. The van der Waals surface area contributed by atoms with Crippen LogP contribution in [0.4, 0.5) is 13.6 Å². The normalized spacial score (nSPS) is 16.2. The van der Waals surface area contributed by atoms with E-state index >= 15 is 0 Å². The van der Waals surface area contributed by atoms with Crippen LogP contribution in [0.15, 0.2) is 53.6 Å². The number of allylic oxidation sites excluding steroid dienone is 1. The van der Waals surface area contributed by atoms with Gasteiger partial charge in [0, 0.05) is 29.1 Å². The molecule has 2 N–H and O–H groups in total. The summed E-state index contributed by atoms with van der Waals surface area (Å²) in [5, 5.41) is 2.51. The zero-order chi connectivity index (χ0) is 18.3. The number of imide groups is 1. The van der Waals surface area contributed by atoms with Crippen molar-refractivity contribution in [1.29, 1.82) is 0 Å². The fourth-order valence-corrected chi connectivity index (χ4v) is 3.82. The Balaban J connectivity index is 1.94. The minimum absolute atomic E-state index is 0.143. The zero-order valence-corrected chi connectivity index (χ0v) is 14.1. The second-order valence-corrected chi connectivity index (χ2v) is 6.76. The van der Waals surface area contributed by atoms with Crippen molar-refractivity contribution in [3.8, 4) is 0 Å². The average molecular weight is 370 g/mol. The summed E-state index contributed by atoms with van der Waals surface area (Å²) in [6.45, 7) is 0. The third-order valence-corrected chi connectivity index (χ3v) is 5.15. The van der Waals surface area contributed by atoms with Gasteiger partial charge in [-0.05, 0) is 47.2 Å². The minimum Gasteiger partial charge on any atom is -0.361 e. The van der Waals surface area contributed by atoms with Crippen LogP contribution in [-0.4, -0.2) is 16.1 Å². The lowest BCUT2D eigenvalue weighted by Crippen LogP contribution is -2.18. The molecule has 4 nitrogen and oxygen atoms in total. The highest BCUT2D eigenvalue weighted by Crippen LogP contribution is 2.37. The molecule has 1 saturated heterocycles. The molecule has 2 amide bonds. The van der Waals surface area contributed by atoms with E-state index in [9.17, 15) is 18.4 Å². The molecule has 0 aliphatic carbocycles. The Labute approximate surface area is 151 Å². The van der Waals surface area contributed by atoms with Gasteiger partial charge in [-0.25, -0.2) is 8.78 Å². The van der Waals surface area contributed by atoms with Crippen molar-refractivity contribution in [2.45, 2.75) is 6.42 Å². The van der Waals surface area contributed by atoms with Crippen LogP contribution in [0, 0.1) is 11.6 Å². The van der Waals surface area contributed by atoms with Crippen LogP contribution in [0.3, 0.4) is 0 Å². The van der Waals surface area contributed by atoms with Gasteiger partial charge in [-0.15, -0.1) is 0 Å². The standard InChI is InChI=1S/C19H12F2N2O2S/c20-14-4-2-5-15(21)13(14)9-12(17-18(24)23-19(25)26-17)10-3-1-6-16-11(10)7-8-22-16/h1-8,22H,9H2,(H,23,24,25). The first-order valence-corrected chi connectivity index (χ1v) is 8.62. The number of nitrogens with one attached hydrogen (secondary N) is 2. The number of halogens is 2. The minimum atomic E-state index is -0.695. The maximum Gasteiger partial charge on any atom is 0.290 e. The molecule has 1 fully saturated rings. The van der Waals surface area contributed by atoms with Crippen LogP contribution >= 0.6 is 11.8 Å². The van der Waals surface area contributed by atoms with Crippen LogP contribution in [0.5, 0.6) is 0 Å². The highest BCUT2D eigenvalue weighted by Gasteiger charge is 2.30. The van der Waals surface area contributed by atoms with E-state index in [2.05, 4.69) is 10.3 Å². The molecular formula is C19H12F2N2O2S. The third kappa shape index (κ3) is 2.80. The summed E-state index contributed by atoms with van der Waals surface area (Å²) < 4.78 is 28.4. The van der Waals surface area contributed by atoms with E-state index in [0.717, 1.165) is 22.7 Å². The molecule has 0 bridgehead atoms. The average Bonchev–Trinajstić information content (AvgIpc) is 3.21. The number of hydrogen-bond acceptors (Lipinski definition) is 3. The summed E-state index contributed by atoms with van der Waals surface area (Å²) in [5.74, 6) is -1.95. The lowest BCUT2D eigenvalue weighted by Gasteiger charge is -2.13. The van der Waals surface area contributed by atoms with Crippen molar-refractivity contribution in [1.82, 2.24) is 10.3 Å². The van der Waals surface area contributed by atoms with E-state index in [1.807, 2.05) is 12.1 Å². The second kappa shape index (κ2) is 6.42. The number of aromatic amines is 1. The smallest absolute Gasteiger partial charge is 0.290 e. The molecule has 26 heavy (non-hydrogen) atoms. The summed E-state index contributed by atoms with van der Waals surface area (Å²) in [7, 11) is 0. The fraction of sp³-hybridized carbons (Fsp3) is 0.0526. The third-order valence-electron chi connectivity index (χ3n) is 4.23. The van der Waals surface area contributed by atoms with Crippen molar-refractivity contribution in [2.75, 3.05) is 0 Å². The number of hydrogen-bond donors (Lipinski definition) is 2. The van der Waals surface area contributed by atoms with Crippen LogP contribution in [0.1, 0.15) is 11.1 Å². The van der Waals surface area contributed by atoms with Crippen LogP contribution < -0.4 is 5.32 Å². The lowest BCUT2D eigenvalue weighted by atomic mass is 9.94. The van der Waals surface area contributed by atoms with Crippen molar-refractivity contribution in [2.24, 2.45) is 0 Å². The zero-order valence-electron chi connectivity index (χ0n) is 13.3. The predicted octanol–water partition coefficient (Wildman–Crippen LogP) is 4.38. The predicted molar refractivity (Wildman–Crippen MR) is 96.4 cm³/mol. The SMILES string of the molecule is O=C1NC(=O)C(=C(Cc2c(F)cccc2F)c2cccc3[nH]ccc23)S1. The topological polar surface area (TPSA) is 62.0 Å². The summed E-state index contributed by atoms with van der Waals surface area (Å²) in [6, 6.07) is 10.9. The van der Waals surface area contributed by atoms with Crippen molar-refractivity contribution < 1.29 is 18.4 Å². The Kier molecular flexibility index (Phi) is 4.08. The molecule has 1 aromatic heterocycles. The summed E-state index contributed by atoms with van der Waals surface area (Å²) in [4.78, 5) is 27.1. The highest BCUT2D eigenvalue weighted by atomic mass is 32.2. The van der Waals surface area contributed by atoms with Gasteiger partial charge >= 0.3 is 0 Å². The van der Waals surface area contributed by atoms with E-state index < -0.39 is 22.8 Å². The van der Waals surface area contributed by atoms with E-state index in [0.29, 0.717) is 11.1 Å². The molecule has 0 saturated carbocycles. The molecule has 130 valence electrons. The van der Waals surface area contributed by atoms with Gasteiger partial charge in [0.1, 0.15) is 11.6 Å². The first-order valence-electron chi connectivity index (χ1n) is 7.80. The highest BCUT2D eigenvalue weighted by molar-refractivity contribution is 8.18. The summed E-state index contributed by atoms with van der Waals surface area (Å²) >= 11 is 0.744.